The summed E-state index contributed by atoms with van der Waals surface area (Å²) >= 11 is 0. The van der Waals surface area contributed by atoms with Crippen LogP contribution in [0, 0.1) is 23.7 Å². The first-order valence-electron chi connectivity index (χ1n) is 4.93. The molecule has 0 spiro atoms. The molecule has 0 nitrogen and oxygen atoms in total. The highest BCUT2D eigenvalue weighted by Gasteiger charge is 2.46. The molecule has 0 heteroatoms. The molecule has 0 amide bonds. The zero-order chi connectivity index (χ0) is 6.55. The van der Waals surface area contributed by atoms with E-state index in [0.29, 0.717) is 0 Å². The Morgan fingerprint density at radius 3 is 2.50 bits per heavy atom. The molecule has 5 rings (SSSR count). The zero-order valence-electron chi connectivity index (χ0n) is 6.55. The van der Waals surface area contributed by atoms with Gasteiger partial charge in [0.15, 0.2) is 0 Å². The number of hydrogen-bond acceptors (Lipinski definition) is 0. The monoisotopic (exact) mass is 136 g/mol. The van der Waals surface area contributed by atoms with E-state index in [0.717, 1.165) is 5.92 Å². The SMILES string of the molecule is C1CC2CC3CC1CCC23. The fourth-order valence-corrected chi connectivity index (χ4v) is 3.69. The summed E-state index contributed by atoms with van der Waals surface area (Å²) < 4.78 is 0. The normalized spacial score (nSPS) is 57.6. The summed E-state index contributed by atoms with van der Waals surface area (Å²) in [6.07, 6.45) is 9.57. The van der Waals surface area contributed by atoms with Gasteiger partial charge in [-0.3, -0.25) is 0 Å². The van der Waals surface area contributed by atoms with Crippen molar-refractivity contribution in [1.29, 1.82) is 0 Å². The van der Waals surface area contributed by atoms with Crippen LogP contribution in [0.25, 0.3) is 0 Å². The van der Waals surface area contributed by atoms with Crippen molar-refractivity contribution in [3.05, 3.63) is 0 Å². The summed E-state index contributed by atoms with van der Waals surface area (Å²) in [7, 11) is 0. The summed E-state index contributed by atoms with van der Waals surface area (Å²) in [5.74, 6) is 4.76. The maximum Gasteiger partial charge on any atom is -0.0357 e. The van der Waals surface area contributed by atoms with Crippen molar-refractivity contribution in [2.75, 3.05) is 0 Å². The molecule has 0 N–H and O–H groups in total. The Kier molecular flexibility index (Phi) is 1.00. The van der Waals surface area contributed by atoms with E-state index in [2.05, 4.69) is 0 Å². The fraction of sp³-hybridized carbons (Fsp3) is 1.00. The standard InChI is InChI=1S/C10H16/c1-3-8-6-9-5-7(1)2-4-10(8)9/h7-10H,1-6H2. The van der Waals surface area contributed by atoms with E-state index >= 15 is 0 Å². The van der Waals surface area contributed by atoms with Crippen LogP contribution in [0.3, 0.4) is 0 Å². The highest BCUT2D eigenvalue weighted by molar-refractivity contribution is 4.97. The first kappa shape index (κ1) is 5.62. The molecule has 10 heavy (non-hydrogen) atoms. The second-order valence-electron chi connectivity index (χ2n) is 4.68. The van der Waals surface area contributed by atoms with Gasteiger partial charge in [-0.15, -0.1) is 0 Å². The largest absolute Gasteiger partial charge is 0.0502 e. The van der Waals surface area contributed by atoms with Crippen LogP contribution in [0.2, 0.25) is 0 Å². The predicted molar refractivity (Wildman–Crippen MR) is 41.7 cm³/mol. The van der Waals surface area contributed by atoms with Gasteiger partial charge in [-0.25, -0.2) is 0 Å². The molecule has 56 valence electrons. The van der Waals surface area contributed by atoms with Gasteiger partial charge in [-0.2, -0.15) is 0 Å². The molecule has 0 aromatic rings. The smallest absolute Gasteiger partial charge is 0.0357 e. The molecule has 5 aliphatic carbocycles. The Bertz CT molecular complexity index is 140. The molecule has 4 atom stereocenters. The van der Waals surface area contributed by atoms with Gasteiger partial charge in [0, 0.05) is 0 Å². The molecule has 0 radical (unpaired) electrons. The highest BCUT2D eigenvalue weighted by atomic mass is 14.5. The summed E-state index contributed by atoms with van der Waals surface area (Å²) in [6.45, 7) is 0. The van der Waals surface area contributed by atoms with Crippen LogP contribution in [0.5, 0.6) is 0 Å². The molecule has 5 aliphatic rings. The van der Waals surface area contributed by atoms with Crippen molar-refractivity contribution in [3.8, 4) is 0 Å². The van der Waals surface area contributed by atoms with E-state index in [9.17, 15) is 0 Å². The van der Waals surface area contributed by atoms with Gasteiger partial charge in [0.2, 0.25) is 0 Å². The number of rotatable bonds is 0. The van der Waals surface area contributed by atoms with E-state index < -0.39 is 0 Å². The summed E-state index contributed by atoms with van der Waals surface area (Å²) in [5, 5.41) is 0. The zero-order valence-corrected chi connectivity index (χ0v) is 6.55. The lowest BCUT2D eigenvalue weighted by Gasteiger charge is -2.46. The third-order valence-electron chi connectivity index (χ3n) is 4.31. The Labute approximate surface area is 63.0 Å². The third-order valence-corrected chi connectivity index (χ3v) is 4.31. The quantitative estimate of drug-likeness (QED) is 0.480. The van der Waals surface area contributed by atoms with E-state index in [1.54, 1.807) is 38.5 Å². The minimum atomic E-state index is 1.16. The molecule has 0 aromatic carbocycles. The second kappa shape index (κ2) is 1.78. The van der Waals surface area contributed by atoms with Gasteiger partial charge in [-0.05, 0) is 49.4 Å². The van der Waals surface area contributed by atoms with Crippen LogP contribution in [0.1, 0.15) is 38.5 Å². The van der Waals surface area contributed by atoms with Gasteiger partial charge in [0.25, 0.3) is 0 Å². The Morgan fingerprint density at radius 1 is 0.700 bits per heavy atom. The van der Waals surface area contributed by atoms with Crippen LogP contribution in [-0.4, -0.2) is 0 Å². The molecule has 4 unspecified atom stereocenters. The molecular formula is C10H16. The minimum Gasteiger partial charge on any atom is -0.0502 e. The lowest BCUT2D eigenvalue weighted by Crippen LogP contribution is -2.37. The number of hydrogen-bond donors (Lipinski definition) is 0. The summed E-state index contributed by atoms with van der Waals surface area (Å²) in [6, 6.07) is 0. The lowest BCUT2D eigenvalue weighted by molar-refractivity contribution is 0.0395. The van der Waals surface area contributed by atoms with E-state index in [1.807, 2.05) is 0 Å². The molecule has 5 fully saturated rings. The molecule has 0 aromatic heterocycles. The average Bonchev–Trinajstić information content (AvgIpc) is 2.22. The molecule has 4 bridgehead atoms. The lowest BCUT2D eigenvalue weighted by atomic mass is 9.59. The molecule has 0 saturated heterocycles. The van der Waals surface area contributed by atoms with Crippen molar-refractivity contribution in [2.45, 2.75) is 38.5 Å². The van der Waals surface area contributed by atoms with E-state index in [1.165, 1.54) is 17.8 Å². The Balaban J connectivity index is 1.91. The van der Waals surface area contributed by atoms with Gasteiger partial charge in [0.05, 0.1) is 0 Å². The minimum absolute atomic E-state index is 1.16. The maximum atomic E-state index is 1.61. The third kappa shape index (κ3) is 0.580. The molecular weight excluding hydrogens is 120 g/mol. The van der Waals surface area contributed by atoms with Gasteiger partial charge in [0.1, 0.15) is 0 Å². The molecule has 0 heterocycles. The van der Waals surface area contributed by atoms with Crippen molar-refractivity contribution in [3.63, 3.8) is 0 Å². The first-order chi connectivity index (χ1) is 4.93. The average molecular weight is 136 g/mol. The van der Waals surface area contributed by atoms with Crippen molar-refractivity contribution >= 4 is 0 Å². The van der Waals surface area contributed by atoms with E-state index in [-0.39, 0.29) is 0 Å². The van der Waals surface area contributed by atoms with Crippen LogP contribution < -0.4 is 0 Å². The second-order valence-corrected chi connectivity index (χ2v) is 4.68. The van der Waals surface area contributed by atoms with Crippen LogP contribution in [-0.2, 0) is 0 Å². The van der Waals surface area contributed by atoms with Crippen molar-refractivity contribution in [1.82, 2.24) is 0 Å². The van der Waals surface area contributed by atoms with E-state index in [4.69, 9.17) is 0 Å². The topological polar surface area (TPSA) is 0 Å². The Hall–Kier alpha value is 0. The van der Waals surface area contributed by atoms with Gasteiger partial charge in [-0.1, -0.05) is 12.8 Å². The van der Waals surface area contributed by atoms with Crippen molar-refractivity contribution in [2.24, 2.45) is 23.7 Å². The highest BCUT2D eigenvalue weighted by Crippen LogP contribution is 2.56. The van der Waals surface area contributed by atoms with Gasteiger partial charge < -0.3 is 0 Å². The maximum absolute atomic E-state index is 1.61. The molecule has 5 saturated carbocycles. The summed E-state index contributed by atoms with van der Waals surface area (Å²) in [4.78, 5) is 0. The first-order valence-corrected chi connectivity index (χ1v) is 4.93. The Morgan fingerprint density at radius 2 is 1.60 bits per heavy atom. The van der Waals surface area contributed by atoms with Crippen LogP contribution in [0.15, 0.2) is 0 Å². The number of fused-ring (bicyclic) bond motifs is 1. The van der Waals surface area contributed by atoms with Crippen molar-refractivity contribution < 1.29 is 0 Å². The van der Waals surface area contributed by atoms with Crippen LogP contribution >= 0.6 is 0 Å². The molecule has 0 aliphatic heterocycles. The van der Waals surface area contributed by atoms with Gasteiger partial charge >= 0.3 is 0 Å². The summed E-state index contributed by atoms with van der Waals surface area (Å²) in [5.41, 5.74) is 0. The fourth-order valence-electron chi connectivity index (χ4n) is 3.69. The predicted octanol–water partition coefficient (Wildman–Crippen LogP) is 2.83. The van der Waals surface area contributed by atoms with Crippen LogP contribution in [0.4, 0.5) is 0 Å².